The maximum atomic E-state index is 12.7. The maximum absolute atomic E-state index is 12.7. The molecule has 0 saturated heterocycles. The van der Waals surface area contributed by atoms with Gasteiger partial charge in [0.25, 0.3) is 0 Å². The Balaban J connectivity index is 2.01. The van der Waals surface area contributed by atoms with Crippen molar-refractivity contribution in [3.8, 4) is 0 Å². The third kappa shape index (κ3) is 4.84. The Morgan fingerprint density at radius 3 is 2.32 bits per heavy atom. The van der Waals surface area contributed by atoms with Crippen molar-refractivity contribution < 1.29 is 9.59 Å². The summed E-state index contributed by atoms with van der Waals surface area (Å²) >= 11 is 0. The third-order valence-corrected chi connectivity index (χ3v) is 3.93. The first-order valence-corrected chi connectivity index (χ1v) is 7.83. The van der Waals surface area contributed by atoms with E-state index < -0.39 is 5.91 Å². The molecule has 1 aliphatic carbocycles. The predicted octanol–water partition coefficient (Wildman–Crippen LogP) is 1.37. The molecule has 5 heteroatoms. The molecule has 0 heterocycles. The minimum atomic E-state index is -0.400. The Morgan fingerprint density at radius 1 is 1.18 bits per heavy atom. The lowest BCUT2D eigenvalue weighted by atomic mass is 10.2. The molecule has 0 unspecified atom stereocenters. The summed E-state index contributed by atoms with van der Waals surface area (Å²) in [6.45, 7) is 4.92. The van der Waals surface area contributed by atoms with Crippen LogP contribution in [0.15, 0.2) is 30.3 Å². The smallest absolute Gasteiger partial charge is 0.237 e. The van der Waals surface area contributed by atoms with E-state index in [-0.39, 0.29) is 25.0 Å². The standard InChI is InChI=1S/C17H25N3O2/c1-13(2)19(11-16(18)21)12-17(22)20(15-8-9-15)10-14-6-4-3-5-7-14/h3-7,13,15H,8-12H2,1-2H3,(H2,18,21). The van der Waals surface area contributed by atoms with Crippen molar-refractivity contribution in [3.63, 3.8) is 0 Å². The van der Waals surface area contributed by atoms with Crippen molar-refractivity contribution >= 4 is 11.8 Å². The number of benzene rings is 1. The van der Waals surface area contributed by atoms with E-state index in [0.29, 0.717) is 12.6 Å². The molecule has 2 amide bonds. The summed E-state index contributed by atoms with van der Waals surface area (Å²) in [4.78, 5) is 27.6. The lowest BCUT2D eigenvalue weighted by molar-refractivity contribution is -0.134. The number of nitrogens with zero attached hydrogens (tertiary/aromatic N) is 2. The Hall–Kier alpha value is -1.88. The van der Waals surface area contributed by atoms with E-state index in [1.54, 1.807) is 0 Å². The average molecular weight is 303 g/mol. The number of primary amides is 1. The topological polar surface area (TPSA) is 66.6 Å². The lowest BCUT2D eigenvalue weighted by Crippen LogP contribution is -2.46. The summed E-state index contributed by atoms with van der Waals surface area (Å²) in [5, 5.41) is 0. The van der Waals surface area contributed by atoms with Gasteiger partial charge in [-0.15, -0.1) is 0 Å². The van der Waals surface area contributed by atoms with Crippen LogP contribution in [0.25, 0.3) is 0 Å². The quantitative estimate of drug-likeness (QED) is 0.789. The first-order valence-electron chi connectivity index (χ1n) is 7.83. The molecule has 0 bridgehead atoms. The Labute approximate surface area is 132 Å². The van der Waals surface area contributed by atoms with Gasteiger partial charge in [0, 0.05) is 18.6 Å². The summed E-state index contributed by atoms with van der Waals surface area (Å²) in [6, 6.07) is 10.5. The molecule has 2 N–H and O–H groups in total. The van der Waals surface area contributed by atoms with Gasteiger partial charge in [0.05, 0.1) is 13.1 Å². The molecule has 0 aliphatic heterocycles. The summed E-state index contributed by atoms with van der Waals surface area (Å²) in [5.41, 5.74) is 6.41. The number of carbonyl (C=O) groups is 2. The molecule has 0 aromatic heterocycles. The van der Waals surface area contributed by atoms with Crippen molar-refractivity contribution in [1.29, 1.82) is 0 Å². The molecule has 0 spiro atoms. The van der Waals surface area contributed by atoms with Crippen LogP contribution in [-0.4, -0.2) is 46.8 Å². The molecule has 2 rings (SSSR count). The molecule has 0 radical (unpaired) electrons. The van der Waals surface area contributed by atoms with Gasteiger partial charge in [-0.3, -0.25) is 14.5 Å². The predicted molar refractivity (Wildman–Crippen MR) is 85.9 cm³/mol. The fraction of sp³-hybridized carbons (Fsp3) is 0.529. The van der Waals surface area contributed by atoms with Gasteiger partial charge in [0.15, 0.2) is 0 Å². The Kier molecular flexibility index (Phi) is 5.55. The third-order valence-electron chi connectivity index (χ3n) is 3.93. The van der Waals surface area contributed by atoms with Crippen LogP contribution in [0.1, 0.15) is 32.3 Å². The maximum Gasteiger partial charge on any atom is 0.237 e. The van der Waals surface area contributed by atoms with Crippen molar-refractivity contribution in [2.75, 3.05) is 13.1 Å². The zero-order chi connectivity index (χ0) is 16.1. The summed E-state index contributed by atoms with van der Waals surface area (Å²) in [5.74, 6) is -0.330. The number of nitrogens with two attached hydrogens (primary N) is 1. The van der Waals surface area contributed by atoms with Crippen LogP contribution in [-0.2, 0) is 16.1 Å². The van der Waals surface area contributed by atoms with Crippen LogP contribution in [0.3, 0.4) is 0 Å². The Bertz CT molecular complexity index is 512. The average Bonchev–Trinajstić information content (AvgIpc) is 3.29. The normalized spacial score (nSPS) is 14.4. The number of rotatable bonds is 8. The molecular formula is C17H25N3O2. The van der Waals surface area contributed by atoms with Gasteiger partial charge in [-0.2, -0.15) is 0 Å². The molecule has 1 aromatic carbocycles. The molecule has 120 valence electrons. The van der Waals surface area contributed by atoms with E-state index in [4.69, 9.17) is 5.73 Å². The highest BCUT2D eigenvalue weighted by Crippen LogP contribution is 2.28. The summed E-state index contributed by atoms with van der Waals surface area (Å²) < 4.78 is 0. The number of hydrogen-bond donors (Lipinski definition) is 1. The highest BCUT2D eigenvalue weighted by atomic mass is 16.2. The number of hydrogen-bond acceptors (Lipinski definition) is 3. The second kappa shape index (κ2) is 7.40. The van der Waals surface area contributed by atoms with Crippen molar-refractivity contribution in [3.05, 3.63) is 35.9 Å². The van der Waals surface area contributed by atoms with E-state index in [1.807, 2.05) is 54.0 Å². The summed E-state index contributed by atoms with van der Waals surface area (Å²) in [7, 11) is 0. The zero-order valence-corrected chi connectivity index (χ0v) is 13.4. The SMILES string of the molecule is CC(C)N(CC(N)=O)CC(=O)N(Cc1ccccc1)C1CC1. The van der Waals surface area contributed by atoms with Crippen LogP contribution in [0.4, 0.5) is 0 Å². The second-order valence-electron chi connectivity index (χ2n) is 6.20. The fourth-order valence-electron chi connectivity index (χ4n) is 2.47. The van der Waals surface area contributed by atoms with E-state index in [0.717, 1.165) is 18.4 Å². The monoisotopic (exact) mass is 303 g/mol. The Morgan fingerprint density at radius 2 is 1.82 bits per heavy atom. The first-order chi connectivity index (χ1) is 10.5. The van der Waals surface area contributed by atoms with Crippen LogP contribution < -0.4 is 5.73 Å². The van der Waals surface area contributed by atoms with Crippen molar-refractivity contribution in [2.24, 2.45) is 5.73 Å². The molecule has 22 heavy (non-hydrogen) atoms. The van der Waals surface area contributed by atoms with E-state index in [9.17, 15) is 9.59 Å². The van der Waals surface area contributed by atoms with Crippen LogP contribution >= 0.6 is 0 Å². The van der Waals surface area contributed by atoms with Crippen LogP contribution in [0, 0.1) is 0 Å². The van der Waals surface area contributed by atoms with E-state index in [2.05, 4.69) is 0 Å². The van der Waals surface area contributed by atoms with Crippen molar-refractivity contribution in [1.82, 2.24) is 9.80 Å². The molecule has 1 saturated carbocycles. The number of amides is 2. The van der Waals surface area contributed by atoms with Gasteiger partial charge < -0.3 is 10.6 Å². The second-order valence-corrected chi connectivity index (χ2v) is 6.20. The summed E-state index contributed by atoms with van der Waals surface area (Å²) in [6.07, 6.45) is 2.13. The highest BCUT2D eigenvalue weighted by Gasteiger charge is 2.33. The molecule has 1 aliphatic rings. The number of carbonyl (C=O) groups excluding carboxylic acids is 2. The fourth-order valence-corrected chi connectivity index (χ4v) is 2.47. The largest absolute Gasteiger partial charge is 0.369 e. The highest BCUT2D eigenvalue weighted by molar-refractivity contribution is 5.81. The van der Waals surface area contributed by atoms with Gasteiger partial charge in [0.2, 0.25) is 11.8 Å². The molecule has 0 atom stereocenters. The first kappa shape index (κ1) is 16.5. The van der Waals surface area contributed by atoms with Crippen LogP contribution in [0.2, 0.25) is 0 Å². The van der Waals surface area contributed by atoms with Gasteiger partial charge in [0.1, 0.15) is 0 Å². The minimum Gasteiger partial charge on any atom is -0.369 e. The molecular weight excluding hydrogens is 278 g/mol. The van der Waals surface area contributed by atoms with E-state index in [1.165, 1.54) is 0 Å². The minimum absolute atomic E-state index is 0.0707. The van der Waals surface area contributed by atoms with Gasteiger partial charge >= 0.3 is 0 Å². The van der Waals surface area contributed by atoms with E-state index >= 15 is 0 Å². The molecule has 1 aromatic rings. The lowest BCUT2D eigenvalue weighted by Gasteiger charge is -2.29. The zero-order valence-electron chi connectivity index (χ0n) is 13.4. The van der Waals surface area contributed by atoms with Gasteiger partial charge in [-0.1, -0.05) is 30.3 Å². The molecule has 5 nitrogen and oxygen atoms in total. The molecule has 1 fully saturated rings. The van der Waals surface area contributed by atoms with Crippen molar-refractivity contribution in [2.45, 2.75) is 45.3 Å². The van der Waals surface area contributed by atoms with Gasteiger partial charge in [-0.05, 0) is 32.3 Å². The van der Waals surface area contributed by atoms with Crippen LogP contribution in [0.5, 0.6) is 0 Å². The van der Waals surface area contributed by atoms with Gasteiger partial charge in [-0.25, -0.2) is 0 Å².